The third-order valence-electron chi connectivity index (χ3n) is 8.80. The summed E-state index contributed by atoms with van der Waals surface area (Å²) < 4.78 is 75.7. The lowest BCUT2D eigenvalue weighted by molar-refractivity contribution is -0.138. The van der Waals surface area contributed by atoms with Crippen LogP contribution in [0.2, 0.25) is 0 Å². The van der Waals surface area contributed by atoms with Crippen molar-refractivity contribution in [3.8, 4) is 11.8 Å². The number of benzene rings is 2. The molecular formula is C38H40F6N6. The summed E-state index contributed by atoms with van der Waals surface area (Å²) in [5.41, 5.74) is 1.76. The summed E-state index contributed by atoms with van der Waals surface area (Å²) in [5.74, 6) is 8.79. The number of anilines is 2. The van der Waals surface area contributed by atoms with Crippen molar-refractivity contribution in [3.05, 3.63) is 106 Å². The molecule has 50 heavy (non-hydrogen) atoms. The summed E-state index contributed by atoms with van der Waals surface area (Å²) >= 11 is 0. The lowest BCUT2D eigenvalue weighted by atomic mass is 10.0. The zero-order valence-corrected chi connectivity index (χ0v) is 28.1. The molecule has 0 radical (unpaired) electrons. The molecule has 264 valence electrons. The molecular weight excluding hydrogens is 654 g/mol. The second-order valence-corrected chi connectivity index (χ2v) is 12.7. The highest BCUT2D eigenvalue weighted by molar-refractivity contribution is 5.55. The van der Waals surface area contributed by atoms with Crippen molar-refractivity contribution in [1.82, 2.24) is 19.9 Å². The third-order valence-corrected chi connectivity index (χ3v) is 8.80. The molecule has 2 aromatic carbocycles. The van der Waals surface area contributed by atoms with Gasteiger partial charge in [0.15, 0.2) is 0 Å². The molecule has 2 heterocycles. The minimum Gasteiger partial charge on any atom is -0.367 e. The Morgan fingerprint density at radius 3 is 1.64 bits per heavy atom. The summed E-state index contributed by atoms with van der Waals surface area (Å²) in [6.07, 6.45) is 5.60. The number of aryl methyl sites for hydroxylation is 4. The van der Waals surface area contributed by atoms with Crippen LogP contribution in [0.15, 0.2) is 60.9 Å². The summed E-state index contributed by atoms with van der Waals surface area (Å²) in [5, 5.41) is 6.93. The van der Waals surface area contributed by atoms with Crippen molar-refractivity contribution in [2.45, 2.75) is 102 Å². The van der Waals surface area contributed by atoms with Gasteiger partial charge in [0, 0.05) is 35.6 Å². The maximum Gasteiger partial charge on any atom is 0.416 e. The maximum absolute atomic E-state index is 12.6. The van der Waals surface area contributed by atoms with Gasteiger partial charge in [0.05, 0.1) is 16.7 Å². The van der Waals surface area contributed by atoms with E-state index < -0.39 is 23.5 Å². The Morgan fingerprint density at radius 1 is 0.620 bits per heavy atom. The maximum atomic E-state index is 12.6. The van der Waals surface area contributed by atoms with E-state index in [1.807, 2.05) is 20.0 Å². The molecule has 2 aromatic heterocycles. The number of hydrogen-bond acceptors (Lipinski definition) is 6. The van der Waals surface area contributed by atoms with E-state index in [0.717, 1.165) is 72.7 Å². The van der Waals surface area contributed by atoms with Crippen LogP contribution in [0.25, 0.3) is 0 Å². The normalized spacial score (nSPS) is 15.2. The van der Waals surface area contributed by atoms with E-state index in [0.29, 0.717) is 47.7 Å². The van der Waals surface area contributed by atoms with Gasteiger partial charge in [0.25, 0.3) is 0 Å². The Morgan fingerprint density at radius 2 is 1.10 bits per heavy atom. The number of halogens is 6. The van der Waals surface area contributed by atoms with Gasteiger partial charge in [0.1, 0.15) is 23.3 Å². The van der Waals surface area contributed by atoms with E-state index in [4.69, 9.17) is 0 Å². The number of nitrogens with zero attached hydrogens (tertiary/aromatic N) is 4. The molecule has 0 spiro atoms. The molecule has 2 saturated carbocycles. The van der Waals surface area contributed by atoms with Gasteiger partial charge in [-0.1, -0.05) is 49.7 Å². The van der Waals surface area contributed by atoms with Gasteiger partial charge in [-0.3, -0.25) is 0 Å². The molecule has 2 fully saturated rings. The molecule has 0 atom stereocenters. The smallest absolute Gasteiger partial charge is 0.367 e. The van der Waals surface area contributed by atoms with Crippen LogP contribution >= 0.6 is 0 Å². The predicted molar refractivity (Wildman–Crippen MR) is 182 cm³/mol. The van der Waals surface area contributed by atoms with Gasteiger partial charge >= 0.3 is 12.4 Å². The molecule has 2 aliphatic carbocycles. The lowest BCUT2D eigenvalue weighted by Crippen LogP contribution is -2.18. The van der Waals surface area contributed by atoms with Crippen molar-refractivity contribution in [2.24, 2.45) is 0 Å². The lowest BCUT2D eigenvalue weighted by Gasteiger charge is -2.16. The van der Waals surface area contributed by atoms with Crippen LogP contribution in [0.4, 0.5) is 38.0 Å². The molecule has 12 heteroatoms. The highest BCUT2D eigenvalue weighted by Crippen LogP contribution is 2.31. The number of alkyl halides is 6. The van der Waals surface area contributed by atoms with E-state index in [1.165, 1.54) is 37.8 Å². The van der Waals surface area contributed by atoms with Crippen LogP contribution in [0.3, 0.4) is 0 Å². The standard InChI is InChI=1S/C19H22F3N3.C19H18F3N3/c2*1-13-23-12-15(18(24-13)25-17-4-2-3-5-17)9-6-14-7-10-16(11-8-14)19(20,21)22/h7-8,10-12,17H,2-6,9H2,1H3,(H,23,24,25);7-8,10-12,17H,2-5H2,1H3,(H,23,24,25). The summed E-state index contributed by atoms with van der Waals surface area (Å²) in [7, 11) is 0. The minimum absolute atomic E-state index is 0.390. The average molecular weight is 695 g/mol. The zero-order chi connectivity index (χ0) is 35.7. The summed E-state index contributed by atoms with van der Waals surface area (Å²) in [6.45, 7) is 3.67. The second kappa shape index (κ2) is 16.4. The number of aromatic nitrogens is 4. The van der Waals surface area contributed by atoms with E-state index in [9.17, 15) is 26.3 Å². The Labute approximate surface area is 288 Å². The fraction of sp³-hybridized carbons (Fsp3) is 0.421. The van der Waals surface area contributed by atoms with Crippen LogP contribution in [0, 0.1) is 25.7 Å². The van der Waals surface area contributed by atoms with E-state index in [-0.39, 0.29) is 0 Å². The number of hydrogen-bond donors (Lipinski definition) is 2. The Bertz CT molecular complexity index is 1760. The zero-order valence-electron chi connectivity index (χ0n) is 28.1. The summed E-state index contributed by atoms with van der Waals surface area (Å²) in [6, 6.07) is 11.0. The Kier molecular flexibility index (Phi) is 12.0. The molecule has 6 nitrogen and oxygen atoms in total. The average Bonchev–Trinajstić information content (AvgIpc) is 3.79. The highest BCUT2D eigenvalue weighted by Gasteiger charge is 2.30. The van der Waals surface area contributed by atoms with Crippen molar-refractivity contribution >= 4 is 11.6 Å². The summed E-state index contributed by atoms with van der Waals surface area (Å²) in [4.78, 5) is 17.4. The first kappa shape index (κ1) is 36.6. The van der Waals surface area contributed by atoms with Gasteiger partial charge in [-0.05, 0) is 94.3 Å². The molecule has 0 bridgehead atoms. The largest absolute Gasteiger partial charge is 0.416 e. The highest BCUT2D eigenvalue weighted by atomic mass is 19.4. The second-order valence-electron chi connectivity index (χ2n) is 12.7. The number of nitrogens with one attached hydrogen (secondary N) is 2. The van der Waals surface area contributed by atoms with Crippen molar-refractivity contribution in [1.29, 1.82) is 0 Å². The predicted octanol–water partition coefficient (Wildman–Crippen LogP) is 9.50. The third kappa shape index (κ3) is 10.7. The van der Waals surface area contributed by atoms with Crippen LogP contribution in [0.1, 0.15) is 96.4 Å². The van der Waals surface area contributed by atoms with Crippen molar-refractivity contribution < 1.29 is 26.3 Å². The quantitative estimate of drug-likeness (QED) is 0.148. The monoisotopic (exact) mass is 694 g/mol. The van der Waals surface area contributed by atoms with Crippen LogP contribution in [-0.2, 0) is 25.2 Å². The van der Waals surface area contributed by atoms with Gasteiger partial charge < -0.3 is 10.6 Å². The molecule has 0 unspecified atom stereocenters. The molecule has 4 aromatic rings. The fourth-order valence-electron chi connectivity index (χ4n) is 6.02. The molecule has 2 N–H and O–H groups in total. The SMILES string of the molecule is Cc1ncc(C#Cc2ccc(C(F)(F)F)cc2)c(NC2CCCC2)n1.Cc1ncc(CCc2ccc(C(F)(F)F)cc2)c(NC2CCCC2)n1. The van der Waals surface area contributed by atoms with Crippen molar-refractivity contribution in [3.63, 3.8) is 0 Å². The van der Waals surface area contributed by atoms with E-state index >= 15 is 0 Å². The first-order chi connectivity index (χ1) is 23.8. The van der Waals surface area contributed by atoms with Gasteiger partial charge in [-0.2, -0.15) is 26.3 Å². The topological polar surface area (TPSA) is 75.6 Å². The molecule has 0 saturated heterocycles. The van der Waals surface area contributed by atoms with Crippen molar-refractivity contribution in [2.75, 3.05) is 10.6 Å². The molecule has 2 aliphatic rings. The first-order valence-corrected chi connectivity index (χ1v) is 16.9. The Hall–Kier alpha value is -4.66. The van der Waals surface area contributed by atoms with Gasteiger partial charge in [0.2, 0.25) is 0 Å². The molecule has 0 aliphatic heterocycles. The van der Waals surface area contributed by atoms with Crippen LogP contribution in [-0.4, -0.2) is 32.0 Å². The number of rotatable bonds is 7. The minimum atomic E-state index is -4.34. The fourth-order valence-corrected chi connectivity index (χ4v) is 6.02. The van der Waals surface area contributed by atoms with Crippen LogP contribution in [0.5, 0.6) is 0 Å². The van der Waals surface area contributed by atoms with Gasteiger partial charge in [-0.15, -0.1) is 0 Å². The Balaban J connectivity index is 0.000000194. The van der Waals surface area contributed by atoms with Gasteiger partial charge in [-0.25, -0.2) is 19.9 Å². The van der Waals surface area contributed by atoms with E-state index in [1.54, 1.807) is 18.3 Å². The first-order valence-electron chi connectivity index (χ1n) is 16.9. The van der Waals surface area contributed by atoms with E-state index in [2.05, 4.69) is 42.4 Å². The molecule has 6 rings (SSSR count). The van der Waals surface area contributed by atoms with Crippen LogP contribution < -0.4 is 10.6 Å². The molecule has 0 amide bonds.